The number of allylic oxidation sites excluding steroid dienone is 4. The number of benzene rings is 1. The van der Waals surface area contributed by atoms with Gasteiger partial charge in [-0.25, -0.2) is 22.0 Å². The fourth-order valence-corrected chi connectivity index (χ4v) is 2.73. The van der Waals surface area contributed by atoms with Gasteiger partial charge in [0.25, 0.3) is 0 Å². The van der Waals surface area contributed by atoms with Crippen molar-refractivity contribution in [1.29, 1.82) is 0 Å². The molecule has 5 heteroatoms. The summed E-state index contributed by atoms with van der Waals surface area (Å²) in [6.45, 7) is 7.43. The second-order valence-corrected chi connectivity index (χ2v) is 5.41. The minimum atomic E-state index is -2.12. The molecule has 0 fully saturated rings. The SMILES string of the molecule is CC1=C(C)C(C)C(Cc2c(F)c(F)c(F)c(F)c2F)=C1C. The van der Waals surface area contributed by atoms with Crippen LogP contribution in [0, 0.1) is 35.0 Å². The zero-order valence-electron chi connectivity index (χ0n) is 12.2. The van der Waals surface area contributed by atoms with Gasteiger partial charge >= 0.3 is 0 Å². The van der Waals surface area contributed by atoms with Crippen LogP contribution in [0.4, 0.5) is 22.0 Å². The monoisotopic (exact) mass is 302 g/mol. The van der Waals surface area contributed by atoms with E-state index in [2.05, 4.69) is 0 Å². The normalized spacial score (nSPS) is 19.0. The van der Waals surface area contributed by atoms with E-state index in [-0.39, 0.29) is 12.3 Å². The van der Waals surface area contributed by atoms with Gasteiger partial charge < -0.3 is 0 Å². The molecule has 0 N–H and O–H groups in total. The predicted octanol–water partition coefficient (Wildman–Crippen LogP) is 5.23. The van der Waals surface area contributed by atoms with Crippen molar-refractivity contribution >= 4 is 0 Å². The van der Waals surface area contributed by atoms with E-state index in [1.807, 2.05) is 20.8 Å². The first-order chi connectivity index (χ1) is 9.68. The lowest BCUT2D eigenvalue weighted by atomic mass is 9.91. The van der Waals surface area contributed by atoms with E-state index < -0.39 is 34.6 Å². The summed E-state index contributed by atoms with van der Waals surface area (Å²) in [6.07, 6.45) is -0.284. The van der Waals surface area contributed by atoms with E-state index in [1.165, 1.54) is 0 Å². The Morgan fingerprint density at radius 2 is 1.14 bits per heavy atom. The summed E-state index contributed by atoms with van der Waals surface area (Å²) < 4.78 is 67.0. The standard InChI is InChI=1S/C16H15F5/c1-6-7(2)9(4)10(8(6)3)5-11-12(17)14(19)16(21)15(20)13(11)18/h8H,5H2,1-4H3. The van der Waals surface area contributed by atoms with Gasteiger partial charge in [0.05, 0.1) is 0 Å². The molecular formula is C16H15F5. The fourth-order valence-electron chi connectivity index (χ4n) is 2.73. The number of rotatable bonds is 2. The Morgan fingerprint density at radius 3 is 1.52 bits per heavy atom. The Kier molecular flexibility index (Phi) is 3.95. The van der Waals surface area contributed by atoms with Crippen LogP contribution in [0.15, 0.2) is 22.3 Å². The Labute approximate surface area is 120 Å². The van der Waals surface area contributed by atoms with Gasteiger partial charge in [-0.1, -0.05) is 18.1 Å². The van der Waals surface area contributed by atoms with E-state index in [0.717, 1.165) is 16.7 Å². The quantitative estimate of drug-likeness (QED) is 0.399. The maximum Gasteiger partial charge on any atom is 0.200 e. The average Bonchev–Trinajstić information content (AvgIpc) is 2.64. The summed E-state index contributed by atoms with van der Waals surface area (Å²) in [5.74, 6) is -9.48. The van der Waals surface area contributed by atoms with Gasteiger partial charge in [0.15, 0.2) is 23.3 Å². The molecular weight excluding hydrogens is 287 g/mol. The van der Waals surface area contributed by atoms with Crippen molar-refractivity contribution in [3.8, 4) is 0 Å². The Balaban J connectivity index is 2.53. The van der Waals surface area contributed by atoms with Crippen LogP contribution in [0.25, 0.3) is 0 Å². The molecule has 0 saturated heterocycles. The van der Waals surface area contributed by atoms with E-state index in [0.29, 0.717) is 5.57 Å². The highest BCUT2D eigenvalue weighted by atomic mass is 19.2. The summed E-state index contributed by atoms with van der Waals surface area (Å²) in [7, 11) is 0. The summed E-state index contributed by atoms with van der Waals surface area (Å²) in [5.41, 5.74) is 2.82. The largest absolute Gasteiger partial charge is 0.203 e. The smallest absolute Gasteiger partial charge is 0.200 e. The van der Waals surface area contributed by atoms with Crippen LogP contribution in [0.2, 0.25) is 0 Å². The third kappa shape index (κ3) is 2.28. The first kappa shape index (κ1) is 15.7. The van der Waals surface area contributed by atoms with Crippen molar-refractivity contribution in [2.45, 2.75) is 34.1 Å². The molecule has 0 heterocycles. The highest BCUT2D eigenvalue weighted by Crippen LogP contribution is 2.39. The third-order valence-electron chi connectivity index (χ3n) is 4.48. The van der Waals surface area contributed by atoms with Gasteiger partial charge in [0.2, 0.25) is 5.82 Å². The van der Waals surface area contributed by atoms with Crippen molar-refractivity contribution in [2.24, 2.45) is 5.92 Å². The van der Waals surface area contributed by atoms with Crippen LogP contribution in [-0.2, 0) is 6.42 Å². The van der Waals surface area contributed by atoms with Gasteiger partial charge in [-0.05, 0) is 37.8 Å². The van der Waals surface area contributed by atoms with E-state index in [1.54, 1.807) is 6.92 Å². The van der Waals surface area contributed by atoms with Gasteiger partial charge in [-0.15, -0.1) is 0 Å². The second kappa shape index (κ2) is 5.28. The van der Waals surface area contributed by atoms with Gasteiger partial charge in [0, 0.05) is 12.0 Å². The van der Waals surface area contributed by atoms with Gasteiger partial charge in [-0.2, -0.15) is 0 Å². The van der Waals surface area contributed by atoms with Crippen LogP contribution >= 0.6 is 0 Å². The third-order valence-corrected chi connectivity index (χ3v) is 4.48. The summed E-state index contributed by atoms with van der Waals surface area (Å²) in [4.78, 5) is 0. The highest BCUT2D eigenvalue weighted by molar-refractivity contribution is 5.48. The molecule has 1 aliphatic carbocycles. The molecule has 0 radical (unpaired) electrons. The molecule has 1 atom stereocenters. The molecule has 2 rings (SSSR count). The predicted molar refractivity (Wildman–Crippen MR) is 70.2 cm³/mol. The minimum absolute atomic E-state index is 0.0695. The average molecular weight is 302 g/mol. The molecule has 114 valence electrons. The molecule has 0 bridgehead atoms. The second-order valence-electron chi connectivity index (χ2n) is 5.41. The molecule has 1 aromatic rings. The van der Waals surface area contributed by atoms with Crippen LogP contribution in [0.1, 0.15) is 33.3 Å². The van der Waals surface area contributed by atoms with Crippen molar-refractivity contribution in [3.63, 3.8) is 0 Å². The Bertz CT molecular complexity index is 653. The Morgan fingerprint density at radius 1 is 0.714 bits per heavy atom. The lowest BCUT2D eigenvalue weighted by molar-refractivity contribution is 0.370. The summed E-state index contributed by atoms with van der Waals surface area (Å²) in [5, 5.41) is 0. The van der Waals surface area contributed by atoms with E-state index >= 15 is 0 Å². The molecule has 0 spiro atoms. The molecule has 1 unspecified atom stereocenters. The minimum Gasteiger partial charge on any atom is -0.203 e. The number of hydrogen-bond donors (Lipinski definition) is 0. The van der Waals surface area contributed by atoms with Crippen LogP contribution in [0.5, 0.6) is 0 Å². The first-order valence-corrected chi connectivity index (χ1v) is 6.56. The fraction of sp³-hybridized carbons (Fsp3) is 0.375. The molecule has 0 saturated carbocycles. The van der Waals surface area contributed by atoms with E-state index in [9.17, 15) is 22.0 Å². The van der Waals surface area contributed by atoms with Crippen molar-refractivity contribution in [3.05, 3.63) is 56.9 Å². The van der Waals surface area contributed by atoms with Crippen molar-refractivity contribution in [1.82, 2.24) is 0 Å². The maximum atomic E-state index is 13.7. The lowest BCUT2D eigenvalue weighted by Crippen LogP contribution is -2.10. The Hall–Kier alpha value is -1.65. The summed E-state index contributed by atoms with van der Waals surface area (Å²) in [6, 6.07) is 0. The zero-order valence-corrected chi connectivity index (χ0v) is 12.2. The van der Waals surface area contributed by atoms with Crippen LogP contribution in [0.3, 0.4) is 0 Å². The van der Waals surface area contributed by atoms with Crippen molar-refractivity contribution < 1.29 is 22.0 Å². The molecule has 21 heavy (non-hydrogen) atoms. The van der Waals surface area contributed by atoms with Crippen LogP contribution < -0.4 is 0 Å². The summed E-state index contributed by atoms with van der Waals surface area (Å²) >= 11 is 0. The number of halogens is 5. The molecule has 0 aliphatic heterocycles. The van der Waals surface area contributed by atoms with Crippen LogP contribution in [-0.4, -0.2) is 0 Å². The van der Waals surface area contributed by atoms with Crippen molar-refractivity contribution in [2.75, 3.05) is 0 Å². The number of hydrogen-bond acceptors (Lipinski definition) is 0. The zero-order chi connectivity index (χ0) is 16.1. The van der Waals surface area contributed by atoms with Gasteiger partial charge in [0.1, 0.15) is 0 Å². The highest BCUT2D eigenvalue weighted by Gasteiger charge is 2.29. The molecule has 1 aromatic carbocycles. The lowest BCUT2D eigenvalue weighted by Gasteiger charge is -2.15. The molecule has 0 amide bonds. The topological polar surface area (TPSA) is 0 Å². The first-order valence-electron chi connectivity index (χ1n) is 6.56. The molecule has 1 aliphatic rings. The molecule has 0 aromatic heterocycles. The molecule has 0 nitrogen and oxygen atoms in total. The maximum absolute atomic E-state index is 13.7. The van der Waals surface area contributed by atoms with E-state index in [4.69, 9.17) is 0 Å². The van der Waals surface area contributed by atoms with Gasteiger partial charge in [-0.3, -0.25) is 0 Å².